The molecule has 6 heteroatoms. The molecule has 0 saturated carbocycles. The first-order chi connectivity index (χ1) is 10.5. The predicted molar refractivity (Wildman–Crippen MR) is 87.5 cm³/mol. The third-order valence-electron chi connectivity index (χ3n) is 4.36. The van der Waals surface area contributed by atoms with Gasteiger partial charge < -0.3 is 14.6 Å². The molecular formula is C16H22BrNO4. The SMILES string of the molecule is COc1cc(Br)c(CN2CCC[C@H](C(=O)O)[C@@H]2C)cc1OC. The Morgan fingerprint density at radius 3 is 2.59 bits per heavy atom. The zero-order valence-corrected chi connectivity index (χ0v) is 14.7. The van der Waals surface area contributed by atoms with Gasteiger partial charge >= 0.3 is 5.97 Å². The first-order valence-corrected chi connectivity index (χ1v) is 8.14. The zero-order valence-electron chi connectivity index (χ0n) is 13.1. The third kappa shape index (κ3) is 3.55. The van der Waals surface area contributed by atoms with Crippen molar-refractivity contribution < 1.29 is 19.4 Å². The standard InChI is InChI=1S/C16H22BrNO4/c1-10-12(16(19)20)5-4-6-18(10)9-11-7-14(21-2)15(22-3)8-13(11)17/h7-8,10,12H,4-6,9H2,1-3H3,(H,19,20)/t10-,12-/m0/s1. The van der Waals surface area contributed by atoms with Gasteiger partial charge in [-0.05, 0) is 44.0 Å². The number of rotatable bonds is 5. The molecule has 1 heterocycles. The fraction of sp³-hybridized carbons (Fsp3) is 0.562. The van der Waals surface area contributed by atoms with Crippen molar-refractivity contribution in [3.05, 3.63) is 22.2 Å². The molecule has 1 fully saturated rings. The largest absolute Gasteiger partial charge is 0.493 e. The highest BCUT2D eigenvalue weighted by Crippen LogP contribution is 2.35. The molecule has 0 aliphatic carbocycles. The number of nitrogens with zero attached hydrogens (tertiary/aromatic N) is 1. The van der Waals surface area contributed by atoms with Gasteiger partial charge in [0.25, 0.3) is 0 Å². The lowest BCUT2D eigenvalue weighted by Crippen LogP contribution is -2.45. The number of aliphatic carboxylic acids is 1. The van der Waals surface area contributed by atoms with E-state index in [2.05, 4.69) is 20.8 Å². The van der Waals surface area contributed by atoms with Crippen LogP contribution >= 0.6 is 15.9 Å². The van der Waals surface area contributed by atoms with Crippen LogP contribution in [0.2, 0.25) is 0 Å². The molecule has 1 aromatic carbocycles. The highest BCUT2D eigenvalue weighted by Gasteiger charge is 2.33. The summed E-state index contributed by atoms with van der Waals surface area (Å²) in [4.78, 5) is 13.6. The average Bonchev–Trinajstić information content (AvgIpc) is 2.50. The molecule has 2 rings (SSSR count). The first-order valence-electron chi connectivity index (χ1n) is 7.35. The number of carbonyl (C=O) groups is 1. The van der Waals surface area contributed by atoms with Crippen LogP contribution in [0.15, 0.2) is 16.6 Å². The Hall–Kier alpha value is -1.27. The van der Waals surface area contributed by atoms with Gasteiger partial charge in [-0.25, -0.2) is 0 Å². The van der Waals surface area contributed by atoms with Gasteiger partial charge in [-0.3, -0.25) is 9.69 Å². The molecule has 1 aliphatic heterocycles. The van der Waals surface area contributed by atoms with Crippen molar-refractivity contribution in [3.8, 4) is 11.5 Å². The number of benzene rings is 1. The first kappa shape index (κ1) is 17.1. The van der Waals surface area contributed by atoms with Crippen LogP contribution in [0, 0.1) is 5.92 Å². The minimum absolute atomic E-state index is 0.0197. The molecule has 22 heavy (non-hydrogen) atoms. The molecule has 5 nitrogen and oxygen atoms in total. The van der Waals surface area contributed by atoms with Crippen LogP contribution in [0.1, 0.15) is 25.3 Å². The summed E-state index contributed by atoms with van der Waals surface area (Å²) in [5.41, 5.74) is 1.07. The molecule has 2 atom stereocenters. The monoisotopic (exact) mass is 371 g/mol. The van der Waals surface area contributed by atoms with Gasteiger partial charge in [0.15, 0.2) is 11.5 Å². The quantitative estimate of drug-likeness (QED) is 0.861. The lowest BCUT2D eigenvalue weighted by molar-refractivity contribution is -0.145. The van der Waals surface area contributed by atoms with E-state index in [9.17, 15) is 9.90 Å². The Morgan fingerprint density at radius 1 is 1.36 bits per heavy atom. The van der Waals surface area contributed by atoms with E-state index >= 15 is 0 Å². The minimum atomic E-state index is -0.705. The highest BCUT2D eigenvalue weighted by molar-refractivity contribution is 9.10. The summed E-state index contributed by atoms with van der Waals surface area (Å²) in [5, 5.41) is 9.33. The lowest BCUT2D eigenvalue weighted by Gasteiger charge is -2.37. The van der Waals surface area contributed by atoms with E-state index in [0.717, 1.165) is 29.4 Å². The van der Waals surface area contributed by atoms with Crippen LogP contribution in [0.5, 0.6) is 11.5 Å². The summed E-state index contributed by atoms with van der Waals surface area (Å²) in [6, 6.07) is 3.85. The van der Waals surface area contributed by atoms with E-state index in [4.69, 9.17) is 9.47 Å². The summed E-state index contributed by atoms with van der Waals surface area (Å²) < 4.78 is 11.6. The van der Waals surface area contributed by atoms with Gasteiger partial charge in [0.2, 0.25) is 0 Å². The van der Waals surface area contributed by atoms with E-state index < -0.39 is 5.97 Å². The lowest BCUT2D eigenvalue weighted by atomic mass is 9.90. The molecule has 0 bridgehead atoms. The molecule has 122 valence electrons. The van der Waals surface area contributed by atoms with Gasteiger partial charge in [-0.15, -0.1) is 0 Å². The summed E-state index contributed by atoms with van der Waals surface area (Å²) >= 11 is 3.56. The minimum Gasteiger partial charge on any atom is -0.493 e. The van der Waals surface area contributed by atoms with Crippen molar-refractivity contribution in [1.82, 2.24) is 4.90 Å². The van der Waals surface area contributed by atoms with E-state index in [1.165, 1.54) is 0 Å². The molecule has 0 radical (unpaired) electrons. The second-order valence-electron chi connectivity index (χ2n) is 5.60. The molecule has 1 saturated heterocycles. The number of hydrogen-bond donors (Lipinski definition) is 1. The van der Waals surface area contributed by atoms with Gasteiger partial charge in [0, 0.05) is 17.1 Å². The molecule has 0 unspecified atom stereocenters. The fourth-order valence-corrected chi connectivity index (χ4v) is 3.45. The van der Waals surface area contributed by atoms with Crippen LogP contribution in [-0.4, -0.2) is 42.8 Å². The third-order valence-corrected chi connectivity index (χ3v) is 5.10. The van der Waals surface area contributed by atoms with Crippen molar-refractivity contribution >= 4 is 21.9 Å². The van der Waals surface area contributed by atoms with Crippen molar-refractivity contribution in [2.75, 3.05) is 20.8 Å². The van der Waals surface area contributed by atoms with Gasteiger partial charge in [-0.1, -0.05) is 15.9 Å². The number of methoxy groups -OCH3 is 2. The number of halogens is 1. The number of carboxylic acids is 1. The Bertz CT molecular complexity index is 549. The normalized spacial score (nSPS) is 22.4. The van der Waals surface area contributed by atoms with Crippen molar-refractivity contribution in [2.24, 2.45) is 5.92 Å². The van der Waals surface area contributed by atoms with Crippen molar-refractivity contribution in [3.63, 3.8) is 0 Å². The summed E-state index contributed by atoms with van der Waals surface area (Å²) in [6.07, 6.45) is 1.66. The molecule has 1 aliphatic rings. The van der Waals surface area contributed by atoms with Crippen LogP contribution in [-0.2, 0) is 11.3 Å². The van der Waals surface area contributed by atoms with E-state index in [1.807, 2.05) is 19.1 Å². The maximum Gasteiger partial charge on any atom is 0.308 e. The topological polar surface area (TPSA) is 59.0 Å². The Morgan fingerprint density at radius 2 is 2.00 bits per heavy atom. The van der Waals surface area contributed by atoms with Gasteiger partial charge in [0.05, 0.1) is 20.1 Å². The van der Waals surface area contributed by atoms with Crippen molar-refractivity contribution in [2.45, 2.75) is 32.4 Å². The van der Waals surface area contributed by atoms with Crippen LogP contribution in [0.3, 0.4) is 0 Å². The Kier molecular flexibility index (Phi) is 5.69. The summed E-state index contributed by atoms with van der Waals surface area (Å²) in [7, 11) is 3.22. The van der Waals surface area contributed by atoms with Crippen LogP contribution < -0.4 is 9.47 Å². The second-order valence-corrected chi connectivity index (χ2v) is 6.45. The molecule has 1 aromatic rings. The number of carboxylic acid groups (broad SMARTS) is 1. The Labute approximate surface area is 139 Å². The average molecular weight is 372 g/mol. The summed E-state index contributed by atoms with van der Waals surface area (Å²) in [5.74, 6) is 0.352. The number of likely N-dealkylation sites (tertiary alicyclic amines) is 1. The van der Waals surface area contributed by atoms with Crippen molar-refractivity contribution in [1.29, 1.82) is 0 Å². The zero-order chi connectivity index (χ0) is 16.3. The number of piperidine rings is 1. The molecular weight excluding hydrogens is 350 g/mol. The highest BCUT2D eigenvalue weighted by atomic mass is 79.9. The van der Waals surface area contributed by atoms with E-state index in [0.29, 0.717) is 18.0 Å². The van der Waals surface area contributed by atoms with Gasteiger partial charge in [-0.2, -0.15) is 0 Å². The van der Waals surface area contributed by atoms with Gasteiger partial charge in [0.1, 0.15) is 0 Å². The van der Waals surface area contributed by atoms with E-state index in [-0.39, 0.29) is 12.0 Å². The molecule has 0 amide bonds. The fourth-order valence-electron chi connectivity index (χ4n) is 3.00. The smallest absolute Gasteiger partial charge is 0.308 e. The second kappa shape index (κ2) is 7.33. The molecule has 0 aromatic heterocycles. The maximum atomic E-state index is 11.3. The molecule has 0 spiro atoms. The van der Waals surface area contributed by atoms with Crippen LogP contribution in [0.4, 0.5) is 0 Å². The summed E-state index contributed by atoms with van der Waals surface area (Å²) in [6.45, 7) is 3.59. The molecule has 1 N–H and O–H groups in total. The predicted octanol–water partition coefficient (Wildman–Crippen LogP) is 3.15. The Balaban J connectivity index is 2.21. The van der Waals surface area contributed by atoms with E-state index in [1.54, 1.807) is 14.2 Å². The maximum absolute atomic E-state index is 11.3. The van der Waals surface area contributed by atoms with Crippen LogP contribution in [0.25, 0.3) is 0 Å². The number of ether oxygens (including phenoxy) is 2. The number of hydrogen-bond acceptors (Lipinski definition) is 4.